The van der Waals surface area contributed by atoms with Crippen molar-refractivity contribution in [2.45, 2.75) is 64.6 Å². The molecule has 1 amide bonds. The maximum absolute atomic E-state index is 13.0. The summed E-state index contributed by atoms with van der Waals surface area (Å²) in [6.07, 6.45) is 3.97. The van der Waals surface area contributed by atoms with Gasteiger partial charge in [-0.25, -0.2) is 8.42 Å². The van der Waals surface area contributed by atoms with Crippen LogP contribution in [-0.4, -0.2) is 47.5 Å². The molecule has 1 aliphatic heterocycles. The average molecular weight is 356 g/mol. The lowest BCUT2D eigenvalue weighted by Gasteiger charge is -2.28. The zero-order valence-corrected chi connectivity index (χ0v) is 15.8. The van der Waals surface area contributed by atoms with Crippen LogP contribution in [0.3, 0.4) is 0 Å². The molecule has 1 unspecified atom stereocenters. The molecule has 136 valence electrons. The second-order valence-electron chi connectivity index (χ2n) is 6.57. The van der Waals surface area contributed by atoms with Crippen molar-refractivity contribution in [3.05, 3.63) is 11.8 Å². The van der Waals surface area contributed by atoms with Gasteiger partial charge in [-0.3, -0.25) is 9.48 Å². The zero-order valence-electron chi connectivity index (χ0n) is 14.9. The van der Waals surface area contributed by atoms with Gasteiger partial charge in [-0.2, -0.15) is 9.40 Å². The van der Waals surface area contributed by atoms with E-state index in [0.29, 0.717) is 25.6 Å². The molecule has 1 fully saturated rings. The lowest BCUT2D eigenvalue weighted by Crippen LogP contribution is -2.39. The van der Waals surface area contributed by atoms with E-state index in [0.717, 1.165) is 19.3 Å². The van der Waals surface area contributed by atoms with E-state index in [1.54, 1.807) is 0 Å². The van der Waals surface area contributed by atoms with E-state index in [1.165, 1.54) is 15.2 Å². The first-order chi connectivity index (χ1) is 11.3. The van der Waals surface area contributed by atoms with E-state index in [9.17, 15) is 13.2 Å². The van der Waals surface area contributed by atoms with Crippen LogP contribution in [0.5, 0.6) is 0 Å². The summed E-state index contributed by atoms with van der Waals surface area (Å²) in [5, 5.41) is 6.88. The van der Waals surface area contributed by atoms with Crippen molar-refractivity contribution in [2.24, 2.45) is 5.92 Å². The topological polar surface area (TPSA) is 84.3 Å². The number of carbonyl (C=O) groups is 1. The van der Waals surface area contributed by atoms with Crippen LogP contribution in [0.4, 0.5) is 0 Å². The third-order valence-corrected chi connectivity index (χ3v) is 6.45. The summed E-state index contributed by atoms with van der Waals surface area (Å²) in [5.74, 6) is 0.144. The van der Waals surface area contributed by atoms with Gasteiger partial charge in [0.1, 0.15) is 0 Å². The normalized spacial score (nSPS) is 18.5. The van der Waals surface area contributed by atoms with Gasteiger partial charge in [0.05, 0.1) is 5.56 Å². The number of amides is 1. The summed E-state index contributed by atoms with van der Waals surface area (Å²) in [6, 6.07) is -0.0196. The predicted octanol–water partition coefficient (Wildman–Crippen LogP) is 1.85. The molecule has 0 spiro atoms. The summed E-state index contributed by atoms with van der Waals surface area (Å²) in [5.41, 5.74) is 0.135. The number of carbonyl (C=O) groups excluding carboxylic acids is 1. The van der Waals surface area contributed by atoms with Crippen LogP contribution >= 0.6 is 0 Å². The van der Waals surface area contributed by atoms with Gasteiger partial charge in [-0.15, -0.1) is 0 Å². The fourth-order valence-corrected chi connectivity index (χ4v) is 4.23. The lowest BCUT2D eigenvalue weighted by molar-refractivity contribution is 0.0935. The first kappa shape index (κ1) is 18.9. The molecule has 0 aromatic carbocycles. The molecule has 0 aliphatic carbocycles. The molecular weight excluding hydrogens is 328 g/mol. The van der Waals surface area contributed by atoms with Gasteiger partial charge in [-0.05, 0) is 39.0 Å². The summed E-state index contributed by atoms with van der Waals surface area (Å²) in [4.78, 5) is 12.5. The van der Waals surface area contributed by atoms with Gasteiger partial charge < -0.3 is 5.32 Å². The summed E-state index contributed by atoms with van der Waals surface area (Å²) in [6.45, 7) is 9.32. The van der Waals surface area contributed by atoms with Gasteiger partial charge in [-0.1, -0.05) is 13.8 Å². The van der Waals surface area contributed by atoms with E-state index in [-0.39, 0.29) is 22.5 Å². The van der Waals surface area contributed by atoms with Crippen molar-refractivity contribution in [1.82, 2.24) is 19.4 Å². The number of aromatic nitrogens is 2. The Balaban J connectivity index is 2.34. The third kappa shape index (κ3) is 3.97. The number of hydrogen-bond acceptors (Lipinski definition) is 4. The highest BCUT2D eigenvalue weighted by Gasteiger charge is 2.34. The second-order valence-corrected chi connectivity index (χ2v) is 8.43. The molecule has 1 aliphatic rings. The van der Waals surface area contributed by atoms with Crippen LogP contribution in [0.25, 0.3) is 0 Å². The molecule has 1 aromatic heterocycles. The Morgan fingerprint density at radius 2 is 2.00 bits per heavy atom. The summed E-state index contributed by atoms with van der Waals surface area (Å²) < 4.78 is 28.9. The number of piperidine rings is 1. The standard InChI is InChI=1S/C16H28N4O3S/c1-5-13(4)17-15(21)14-11-19(6-2)18-16(14)24(22,23)20-9-7-12(3)8-10-20/h11-13H,5-10H2,1-4H3,(H,17,21). The van der Waals surface area contributed by atoms with E-state index < -0.39 is 10.0 Å². The monoisotopic (exact) mass is 356 g/mol. The first-order valence-electron chi connectivity index (χ1n) is 8.68. The minimum atomic E-state index is -3.75. The molecule has 24 heavy (non-hydrogen) atoms. The zero-order chi connectivity index (χ0) is 17.9. The molecule has 7 nitrogen and oxygen atoms in total. The molecule has 1 aromatic rings. The van der Waals surface area contributed by atoms with Crippen molar-refractivity contribution in [3.63, 3.8) is 0 Å². The highest BCUT2D eigenvalue weighted by atomic mass is 32.2. The van der Waals surface area contributed by atoms with Crippen LogP contribution < -0.4 is 5.32 Å². The van der Waals surface area contributed by atoms with Crippen molar-refractivity contribution in [3.8, 4) is 0 Å². The van der Waals surface area contributed by atoms with Crippen molar-refractivity contribution in [2.75, 3.05) is 13.1 Å². The van der Waals surface area contributed by atoms with Gasteiger partial charge >= 0.3 is 0 Å². The van der Waals surface area contributed by atoms with E-state index in [1.807, 2.05) is 20.8 Å². The van der Waals surface area contributed by atoms with Crippen molar-refractivity contribution in [1.29, 1.82) is 0 Å². The summed E-state index contributed by atoms with van der Waals surface area (Å²) >= 11 is 0. The minimum absolute atomic E-state index is 0.0196. The Bertz CT molecular complexity index is 675. The van der Waals surface area contributed by atoms with Crippen LogP contribution in [0.15, 0.2) is 11.2 Å². The number of nitrogens with zero attached hydrogens (tertiary/aromatic N) is 3. The lowest BCUT2D eigenvalue weighted by atomic mass is 10.0. The molecule has 1 atom stereocenters. The number of aryl methyl sites for hydroxylation is 1. The van der Waals surface area contributed by atoms with E-state index in [2.05, 4.69) is 17.3 Å². The number of hydrogen-bond donors (Lipinski definition) is 1. The Morgan fingerprint density at radius 3 is 2.54 bits per heavy atom. The van der Waals surface area contributed by atoms with E-state index in [4.69, 9.17) is 0 Å². The first-order valence-corrected chi connectivity index (χ1v) is 10.1. The second kappa shape index (κ2) is 7.65. The molecule has 0 radical (unpaired) electrons. The molecular formula is C16H28N4O3S. The molecule has 1 N–H and O–H groups in total. The number of sulfonamides is 1. The average Bonchev–Trinajstić information content (AvgIpc) is 3.00. The Hall–Kier alpha value is -1.41. The molecule has 1 saturated heterocycles. The Labute approximate surface area is 144 Å². The smallest absolute Gasteiger partial charge is 0.263 e. The number of nitrogens with one attached hydrogen (secondary N) is 1. The van der Waals surface area contributed by atoms with Gasteiger partial charge in [0.2, 0.25) is 5.03 Å². The van der Waals surface area contributed by atoms with Crippen LogP contribution in [0, 0.1) is 5.92 Å². The highest BCUT2D eigenvalue weighted by Crippen LogP contribution is 2.25. The SMILES string of the molecule is CCC(C)NC(=O)c1cn(CC)nc1S(=O)(=O)N1CCC(C)CC1. The maximum Gasteiger partial charge on any atom is 0.263 e. The Morgan fingerprint density at radius 1 is 1.38 bits per heavy atom. The molecule has 0 bridgehead atoms. The Kier molecular flexibility index (Phi) is 6.03. The maximum atomic E-state index is 13.0. The minimum Gasteiger partial charge on any atom is -0.349 e. The number of rotatable bonds is 6. The van der Waals surface area contributed by atoms with Gasteiger partial charge in [0, 0.05) is 31.9 Å². The van der Waals surface area contributed by atoms with Crippen LogP contribution in [0.1, 0.15) is 57.3 Å². The van der Waals surface area contributed by atoms with Crippen molar-refractivity contribution < 1.29 is 13.2 Å². The van der Waals surface area contributed by atoms with Crippen LogP contribution in [0.2, 0.25) is 0 Å². The van der Waals surface area contributed by atoms with E-state index >= 15 is 0 Å². The summed E-state index contributed by atoms with van der Waals surface area (Å²) in [7, 11) is -3.75. The van der Waals surface area contributed by atoms with Crippen molar-refractivity contribution >= 4 is 15.9 Å². The largest absolute Gasteiger partial charge is 0.349 e. The fraction of sp³-hybridized carbons (Fsp3) is 0.750. The molecule has 8 heteroatoms. The van der Waals surface area contributed by atoms with Crippen LogP contribution in [-0.2, 0) is 16.6 Å². The molecule has 2 heterocycles. The third-order valence-electron chi connectivity index (χ3n) is 4.61. The molecule has 0 saturated carbocycles. The quantitative estimate of drug-likeness (QED) is 0.843. The predicted molar refractivity (Wildman–Crippen MR) is 92.3 cm³/mol. The van der Waals surface area contributed by atoms with Gasteiger partial charge in [0.15, 0.2) is 0 Å². The fourth-order valence-electron chi connectivity index (χ4n) is 2.66. The molecule has 2 rings (SSSR count). The van der Waals surface area contributed by atoms with Gasteiger partial charge in [0.25, 0.3) is 15.9 Å². The highest BCUT2D eigenvalue weighted by molar-refractivity contribution is 7.89.